The lowest BCUT2D eigenvalue weighted by molar-refractivity contribution is -0.140. The van der Waals surface area contributed by atoms with E-state index in [4.69, 9.17) is 11.6 Å². The molecule has 0 N–H and O–H groups in total. The highest BCUT2D eigenvalue weighted by Gasteiger charge is 2.39. The highest BCUT2D eigenvalue weighted by molar-refractivity contribution is 6.18. The zero-order valence-electron chi connectivity index (χ0n) is 9.58. The van der Waals surface area contributed by atoms with E-state index in [0.717, 1.165) is 31.7 Å². The second kappa shape index (κ2) is 4.32. The van der Waals surface area contributed by atoms with Crippen LogP contribution < -0.4 is 0 Å². The van der Waals surface area contributed by atoms with Crippen LogP contribution in [0, 0.1) is 17.8 Å². The average Bonchev–Trinajstić information content (AvgIpc) is 2.54. The zero-order chi connectivity index (χ0) is 11.0. The van der Waals surface area contributed by atoms with Gasteiger partial charge in [0, 0.05) is 24.4 Å². The number of hydrogen-bond donors (Lipinski definition) is 0. The van der Waals surface area contributed by atoms with Gasteiger partial charge in [-0.05, 0) is 38.0 Å². The lowest BCUT2D eigenvalue weighted by atomic mass is 9.75. The molecule has 2 aliphatic rings. The number of nitrogens with zero attached hydrogens (tertiary/aromatic N) is 1. The molecule has 2 atom stereocenters. The van der Waals surface area contributed by atoms with Crippen LogP contribution in [0.15, 0.2) is 0 Å². The minimum atomic E-state index is 0.316. The minimum absolute atomic E-state index is 0.316. The number of alkyl halides is 1. The molecule has 1 saturated carbocycles. The first-order chi connectivity index (χ1) is 7.13. The molecule has 2 fully saturated rings. The van der Waals surface area contributed by atoms with E-state index in [9.17, 15) is 4.79 Å². The molecule has 15 heavy (non-hydrogen) atoms. The Kier molecular flexibility index (Phi) is 3.24. The van der Waals surface area contributed by atoms with Gasteiger partial charge in [0.15, 0.2) is 0 Å². The van der Waals surface area contributed by atoms with Crippen molar-refractivity contribution in [2.45, 2.75) is 39.2 Å². The van der Waals surface area contributed by atoms with Crippen LogP contribution in [0.3, 0.4) is 0 Å². The van der Waals surface area contributed by atoms with Crippen LogP contribution in [0.2, 0.25) is 0 Å². The average molecular weight is 230 g/mol. The number of rotatable bonds is 2. The van der Waals surface area contributed by atoms with Gasteiger partial charge in [0.05, 0.1) is 0 Å². The fourth-order valence-electron chi connectivity index (χ4n) is 2.86. The van der Waals surface area contributed by atoms with Crippen LogP contribution in [0.25, 0.3) is 0 Å². The third-order valence-electron chi connectivity index (χ3n) is 4.12. The minimum Gasteiger partial charge on any atom is -0.339 e. The van der Waals surface area contributed by atoms with Gasteiger partial charge in [-0.2, -0.15) is 0 Å². The van der Waals surface area contributed by atoms with Gasteiger partial charge in [0.1, 0.15) is 0 Å². The fraction of sp³-hybridized carbons (Fsp3) is 0.917. The molecule has 0 aromatic carbocycles. The van der Waals surface area contributed by atoms with Crippen molar-refractivity contribution in [3.63, 3.8) is 0 Å². The van der Waals surface area contributed by atoms with Crippen molar-refractivity contribution in [1.82, 2.24) is 4.90 Å². The molecular weight excluding hydrogens is 210 g/mol. The van der Waals surface area contributed by atoms with Crippen LogP contribution in [0.5, 0.6) is 0 Å². The lowest BCUT2D eigenvalue weighted by Gasteiger charge is -2.36. The van der Waals surface area contributed by atoms with Gasteiger partial charge < -0.3 is 4.90 Å². The quantitative estimate of drug-likeness (QED) is 0.667. The summed E-state index contributed by atoms with van der Waals surface area (Å²) in [5, 5.41) is 0. The molecule has 2 unspecified atom stereocenters. The van der Waals surface area contributed by atoms with Crippen molar-refractivity contribution in [2.75, 3.05) is 12.4 Å². The summed E-state index contributed by atoms with van der Waals surface area (Å²) >= 11 is 5.89. The Morgan fingerprint density at radius 2 is 2.07 bits per heavy atom. The van der Waals surface area contributed by atoms with E-state index in [1.807, 2.05) is 0 Å². The van der Waals surface area contributed by atoms with Gasteiger partial charge in [0.25, 0.3) is 0 Å². The van der Waals surface area contributed by atoms with E-state index in [1.54, 1.807) is 0 Å². The smallest absolute Gasteiger partial charge is 0.225 e. The maximum absolute atomic E-state index is 12.1. The maximum atomic E-state index is 12.1. The SMILES string of the molecule is CC1CC(C(=O)N2CCC(CCl)C2C)C1. The molecule has 1 amide bonds. The highest BCUT2D eigenvalue weighted by Crippen LogP contribution is 2.37. The summed E-state index contributed by atoms with van der Waals surface area (Å²) in [6.07, 6.45) is 3.26. The molecule has 0 bridgehead atoms. The summed E-state index contributed by atoms with van der Waals surface area (Å²) in [6, 6.07) is 0.353. The Morgan fingerprint density at radius 3 is 2.53 bits per heavy atom. The van der Waals surface area contributed by atoms with Crippen molar-refractivity contribution in [1.29, 1.82) is 0 Å². The predicted octanol–water partition coefficient (Wildman–Crippen LogP) is 2.51. The van der Waals surface area contributed by atoms with Crippen LogP contribution in [-0.4, -0.2) is 29.3 Å². The number of amides is 1. The maximum Gasteiger partial charge on any atom is 0.225 e. The molecule has 86 valence electrons. The molecule has 1 heterocycles. The third-order valence-corrected chi connectivity index (χ3v) is 4.52. The molecule has 0 aromatic rings. The molecule has 0 radical (unpaired) electrons. The largest absolute Gasteiger partial charge is 0.339 e. The van der Waals surface area contributed by atoms with Crippen molar-refractivity contribution in [3.8, 4) is 0 Å². The van der Waals surface area contributed by atoms with Crippen molar-refractivity contribution in [3.05, 3.63) is 0 Å². The summed E-state index contributed by atoms with van der Waals surface area (Å²) in [4.78, 5) is 14.2. The molecule has 1 aliphatic carbocycles. The zero-order valence-corrected chi connectivity index (χ0v) is 10.3. The first kappa shape index (κ1) is 11.3. The van der Waals surface area contributed by atoms with Crippen LogP contribution >= 0.6 is 11.6 Å². The van der Waals surface area contributed by atoms with Gasteiger partial charge in [-0.3, -0.25) is 4.79 Å². The summed E-state index contributed by atoms with van der Waals surface area (Å²) in [5.41, 5.74) is 0. The second-order valence-electron chi connectivity index (χ2n) is 5.25. The summed E-state index contributed by atoms with van der Waals surface area (Å²) in [5.74, 6) is 2.64. The van der Waals surface area contributed by atoms with Crippen LogP contribution in [0.1, 0.15) is 33.1 Å². The molecule has 0 aromatic heterocycles. The first-order valence-electron chi connectivity index (χ1n) is 6.00. The molecule has 1 saturated heterocycles. The fourth-order valence-corrected chi connectivity index (χ4v) is 3.27. The van der Waals surface area contributed by atoms with Crippen molar-refractivity contribution in [2.24, 2.45) is 17.8 Å². The topological polar surface area (TPSA) is 20.3 Å². The predicted molar refractivity (Wildman–Crippen MR) is 61.9 cm³/mol. The number of halogens is 1. The number of carbonyl (C=O) groups is 1. The first-order valence-corrected chi connectivity index (χ1v) is 6.53. The monoisotopic (exact) mass is 229 g/mol. The Balaban J connectivity index is 1.91. The van der Waals surface area contributed by atoms with Crippen molar-refractivity contribution >= 4 is 17.5 Å². The second-order valence-corrected chi connectivity index (χ2v) is 5.56. The molecule has 1 aliphatic heterocycles. The third kappa shape index (κ3) is 2.01. The summed E-state index contributed by atoms with van der Waals surface area (Å²) in [6.45, 7) is 5.28. The van der Waals surface area contributed by atoms with E-state index in [1.165, 1.54) is 0 Å². The normalized spacial score (nSPS) is 40.3. The molecule has 2 rings (SSSR count). The Morgan fingerprint density at radius 1 is 1.40 bits per heavy atom. The van der Waals surface area contributed by atoms with E-state index in [0.29, 0.717) is 29.7 Å². The number of hydrogen-bond acceptors (Lipinski definition) is 1. The molecule has 0 spiro atoms. The number of carbonyl (C=O) groups excluding carboxylic acids is 1. The van der Waals surface area contributed by atoms with Crippen LogP contribution in [-0.2, 0) is 4.79 Å². The van der Waals surface area contributed by atoms with E-state index >= 15 is 0 Å². The van der Waals surface area contributed by atoms with Gasteiger partial charge >= 0.3 is 0 Å². The highest BCUT2D eigenvalue weighted by atomic mass is 35.5. The Hall–Kier alpha value is -0.240. The summed E-state index contributed by atoms with van der Waals surface area (Å²) < 4.78 is 0. The van der Waals surface area contributed by atoms with E-state index in [-0.39, 0.29) is 0 Å². The van der Waals surface area contributed by atoms with Gasteiger partial charge in [-0.1, -0.05) is 6.92 Å². The van der Waals surface area contributed by atoms with Crippen LogP contribution in [0.4, 0.5) is 0 Å². The van der Waals surface area contributed by atoms with Gasteiger partial charge in [-0.15, -0.1) is 11.6 Å². The Bertz CT molecular complexity index is 250. The Labute approximate surface area is 97.0 Å². The van der Waals surface area contributed by atoms with Gasteiger partial charge in [0.2, 0.25) is 5.91 Å². The van der Waals surface area contributed by atoms with Gasteiger partial charge in [-0.25, -0.2) is 0 Å². The van der Waals surface area contributed by atoms with Crippen molar-refractivity contribution < 1.29 is 4.79 Å². The lowest BCUT2D eigenvalue weighted by Crippen LogP contribution is -2.43. The molecule has 2 nitrogen and oxygen atoms in total. The van der Waals surface area contributed by atoms with E-state index in [2.05, 4.69) is 18.7 Å². The summed E-state index contributed by atoms with van der Waals surface area (Å²) in [7, 11) is 0. The molecular formula is C12H20ClNO. The number of likely N-dealkylation sites (tertiary alicyclic amines) is 1. The van der Waals surface area contributed by atoms with E-state index < -0.39 is 0 Å². The standard InChI is InChI=1S/C12H20ClNO/c1-8-5-11(6-8)12(15)14-4-3-10(7-13)9(14)2/h8-11H,3-7H2,1-2H3. The molecule has 3 heteroatoms.